The van der Waals surface area contributed by atoms with Crippen LogP contribution in [0.2, 0.25) is 0 Å². The number of rotatable bonds is 4. The summed E-state index contributed by atoms with van der Waals surface area (Å²) < 4.78 is 10.9. The molecule has 2 atom stereocenters. The van der Waals surface area contributed by atoms with Gasteiger partial charge in [-0.3, -0.25) is 4.98 Å². The molecule has 2 rings (SSSR count). The number of ether oxygens (including phenoxy) is 2. The summed E-state index contributed by atoms with van der Waals surface area (Å²) >= 11 is 1.67. The summed E-state index contributed by atoms with van der Waals surface area (Å²) in [5, 5.41) is 3.42. The van der Waals surface area contributed by atoms with Crippen molar-refractivity contribution in [1.82, 2.24) is 10.3 Å². The highest BCUT2D eigenvalue weighted by atomic mass is 32.1. The standard InChI is InChI=1S/C10H16N2O2S/c1-8(10-5-11-7-15-10)12-4-9-6-13-2-3-14-9/h5,7-9,12H,2-4,6H2,1H3. The summed E-state index contributed by atoms with van der Waals surface area (Å²) in [6, 6.07) is 0.336. The van der Waals surface area contributed by atoms with Crippen molar-refractivity contribution < 1.29 is 9.47 Å². The highest BCUT2D eigenvalue weighted by Crippen LogP contribution is 2.16. The molecule has 1 aliphatic rings. The minimum absolute atomic E-state index is 0.189. The number of hydrogen-bond donors (Lipinski definition) is 1. The highest BCUT2D eigenvalue weighted by Gasteiger charge is 2.15. The maximum Gasteiger partial charge on any atom is 0.0933 e. The van der Waals surface area contributed by atoms with Gasteiger partial charge in [0.2, 0.25) is 0 Å². The molecule has 0 aromatic carbocycles. The van der Waals surface area contributed by atoms with Crippen LogP contribution in [0.3, 0.4) is 0 Å². The molecule has 0 spiro atoms. The van der Waals surface area contributed by atoms with Crippen molar-refractivity contribution in [2.24, 2.45) is 0 Å². The van der Waals surface area contributed by atoms with Gasteiger partial charge in [0.15, 0.2) is 0 Å². The molecular weight excluding hydrogens is 212 g/mol. The zero-order chi connectivity index (χ0) is 10.5. The summed E-state index contributed by atoms with van der Waals surface area (Å²) in [5.74, 6) is 0. The predicted molar refractivity (Wildman–Crippen MR) is 59.1 cm³/mol. The van der Waals surface area contributed by atoms with Gasteiger partial charge in [0.25, 0.3) is 0 Å². The lowest BCUT2D eigenvalue weighted by Gasteiger charge is -2.24. The molecule has 1 N–H and O–H groups in total. The summed E-state index contributed by atoms with van der Waals surface area (Å²) in [6.45, 7) is 5.10. The summed E-state index contributed by atoms with van der Waals surface area (Å²) in [7, 11) is 0. The molecule has 2 unspecified atom stereocenters. The van der Waals surface area contributed by atoms with Gasteiger partial charge in [0.1, 0.15) is 0 Å². The maximum atomic E-state index is 5.55. The molecule has 5 heteroatoms. The molecular formula is C10H16N2O2S. The van der Waals surface area contributed by atoms with Crippen LogP contribution in [0.5, 0.6) is 0 Å². The zero-order valence-electron chi connectivity index (χ0n) is 8.81. The second kappa shape index (κ2) is 5.55. The van der Waals surface area contributed by atoms with Gasteiger partial charge in [-0.15, -0.1) is 11.3 Å². The lowest BCUT2D eigenvalue weighted by molar-refractivity contribution is -0.0869. The highest BCUT2D eigenvalue weighted by molar-refractivity contribution is 7.09. The number of aromatic nitrogens is 1. The Morgan fingerprint density at radius 3 is 3.27 bits per heavy atom. The predicted octanol–water partition coefficient (Wildman–Crippen LogP) is 1.21. The molecule has 0 bridgehead atoms. The maximum absolute atomic E-state index is 5.55. The van der Waals surface area contributed by atoms with Gasteiger partial charge >= 0.3 is 0 Å². The van der Waals surface area contributed by atoms with E-state index in [0.717, 1.165) is 13.2 Å². The SMILES string of the molecule is CC(NCC1COCCO1)c1cncs1. The number of nitrogens with one attached hydrogen (secondary N) is 1. The van der Waals surface area contributed by atoms with Crippen LogP contribution in [0.4, 0.5) is 0 Å². The molecule has 84 valence electrons. The van der Waals surface area contributed by atoms with E-state index >= 15 is 0 Å². The first kappa shape index (κ1) is 11.0. The van der Waals surface area contributed by atoms with Gasteiger partial charge < -0.3 is 14.8 Å². The third-order valence-corrected chi connectivity index (χ3v) is 3.37. The summed E-state index contributed by atoms with van der Waals surface area (Å²) in [6.07, 6.45) is 2.09. The van der Waals surface area contributed by atoms with Crippen molar-refractivity contribution in [3.63, 3.8) is 0 Å². The summed E-state index contributed by atoms with van der Waals surface area (Å²) in [4.78, 5) is 5.32. The van der Waals surface area contributed by atoms with Crippen molar-refractivity contribution in [3.8, 4) is 0 Å². The van der Waals surface area contributed by atoms with E-state index in [1.165, 1.54) is 4.88 Å². The van der Waals surface area contributed by atoms with Crippen LogP contribution in [0, 0.1) is 0 Å². The molecule has 1 aliphatic heterocycles. The van der Waals surface area contributed by atoms with Crippen molar-refractivity contribution in [2.45, 2.75) is 19.1 Å². The van der Waals surface area contributed by atoms with Gasteiger partial charge in [-0.1, -0.05) is 0 Å². The summed E-state index contributed by atoms with van der Waals surface area (Å²) in [5.41, 5.74) is 1.85. The Kier molecular flexibility index (Phi) is 4.08. The quantitative estimate of drug-likeness (QED) is 0.841. The van der Waals surface area contributed by atoms with E-state index in [0.29, 0.717) is 19.3 Å². The van der Waals surface area contributed by atoms with Gasteiger partial charge in [0.05, 0.1) is 31.4 Å². The van der Waals surface area contributed by atoms with Crippen LogP contribution in [-0.2, 0) is 9.47 Å². The van der Waals surface area contributed by atoms with E-state index in [-0.39, 0.29) is 6.10 Å². The molecule has 1 saturated heterocycles. The topological polar surface area (TPSA) is 43.4 Å². The number of thiazole rings is 1. The van der Waals surface area contributed by atoms with Gasteiger partial charge in [-0.05, 0) is 6.92 Å². The van der Waals surface area contributed by atoms with Gasteiger partial charge in [-0.2, -0.15) is 0 Å². The Hall–Kier alpha value is -0.490. The van der Waals surface area contributed by atoms with Gasteiger partial charge in [0, 0.05) is 23.7 Å². The van der Waals surface area contributed by atoms with E-state index < -0.39 is 0 Å². The van der Waals surface area contributed by atoms with E-state index in [2.05, 4.69) is 17.2 Å². The molecule has 1 aromatic rings. The molecule has 0 radical (unpaired) electrons. The van der Waals surface area contributed by atoms with E-state index in [9.17, 15) is 0 Å². The smallest absolute Gasteiger partial charge is 0.0933 e. The van der Waals surface area contributed by atoms with Crippen molar-refractivity contribution in [2.75, 3.05) is 26.4 Å². The molecule has 0 saturated carbocycles. The first-order valence-corrected chi connectivity index (χ1v) is 6.05. The van der Waals surface area contributed by atoms with Crippen LogP contribution < -0.4 is 5.32 Å². The minimum atomic E-state index is 0.189. The second-order valence-electron chi connectivity index (χ2n) is 3.60. The van der Waals surface area contributed by atoms with Crippen LogP contribution in [0.1, 0.15) is 17.8 Å². The lowest BCUT2D eigenvalue weighted by atomic mass is 10.2. The third kappa shape index (κ3) is 3.24. The fourth-order valence-electron chi connectivity index (χ4n) is 1.50. The van der Waals surface area contributed by atoms with Crippen molar-refractivity contribution in [3.05, 3.63) is 16.6 Å². The average Bonchev–Trinajstić information content (AvgIpc) is 2.81. The lowest BCUT2D eigenvalue weighted by Crippen LogP contribution is -2.38. The number of hydrogen-bond acceptors (Lipinski definition) is 5. The Labute approximate surface area is 93.6 Å². The Bertz CT molecular complexity index is 273. The Morgan fingerprint density at radius 2 is 2.60 bits per heavy atom. The molecule has 1 aromatic heterocycles. The Balaban J connectivity index is 1.73. The van der Waals surface area contributed by atoms with Crippen LogP contribution in [0.25, 0.3) is 0 Å². The first-order valence-electron chi connectivity index (χ1n) is 5.17. The average molecular weight is 228 g/mol. The molecule has 4 nitrogen and oxygen atoms in total. The number of nitrogens with zero attached hydrogens (tertiary/aromatic N) is 1. The minimum Gasteiger partial charge on any atom is -0.376 e. The second-order valence-corrected chi connectivity index (χ2v) is 4.52. The third-order valence-electron chi connectivity index (χ3n) is 2.41. The van der Waals surface area contributed by atoms with Gasteiger partial charge in [-0.25, -0.2) is 0 Å². The first-order chi connectivity index (χ1) is 7.36. The molecule has 15 heavy (non-hydrogen) atoms. The van der Waals surface area contributed by atoms with Crippen LogP contribution >= 0.6 is 11.3 Å². The van der Waals surface area contributed by atoms with Crippen molar-refractivity contribution in [1.29, 1.82) is 0 Å². The Morgan fingerprint density at radius 1 is 1.67 bits per heavy atom. The zero-order valence-corrected chi connectivity index (χ0v) is 9.63. The monoisotopic (exact) mass is 228 g/mol. The van der Waals surface area contributed by atoms with Crippen LogP contribution in [-0.4, -0.2) is 37.5 Å². The molecule has 2 heterocycles. The fourth-order valence-corrected chi connectivity index (χ4v) is 2.16. The van der Waals surface area contributed by atoms with Crippen molar-refractivity contribution >= 4 is 11.3 Å². The van der Waals surface area contributed by atoms with E-state index in [4.69, 9.17) is 9.47 Å². The normalized spacial score (nSPS) is 23.9. The van der Waals surface area contributed by atoms with E-state index in [1.54, 1.807) is 11.3 Å². The molecule has 0 aliphatic carbocycles. The fraction of sp³-hybridized carbons (Fsp3) is 0.700. The molecule has 0 amide bonds. The van der Waals surface area contributed by atoms with Crippen LogP contribution in [0.15, 0.2) is 11.7 Å². The largest absolute Gasteiger partial charge is 0.376 e. The van der Waals surface area contributed by atoms with E-state index in [1.807, 2.05) is 11.7 Å². The molecule has 1 fully saturated rings.